The average molecular weight is 525 g/mol. The standard InChI is InChI=1S/C31H32N4O4/c1-39-23-14-8-20(9-15-23)18-35-27(31(37)32-17-19-6-10-22(11-7-19)30(36)34-38)16-25-24-4-2-3-5-26(24)33-28(25)29(35)21-12-13-21/h2-11,14-15,21,27,29,33,38H,12-13,16-18H2,1H3,(H,32,37)(H,34,36)/t27-,29+/m1/s1. The second-order valence-corrected chi connectivity index (χ2v) is 10.4. The molecule has 39 heavy (non-hydrogen) atoms. The highest BCUT2D eigenvalue weighted by Crippen LogP contribution is 2.50. The van der Waals surface area contributed by atoms with Gasteiger partial charge in [0.1, 0.15) is 5.75 Å². The van der Waals surface area contributed by atoms with Gasteiger partial charge in [-0.05, 0) is 72.2 Å². The molecule has 0 unspecified atom stereocenters. The van der Waals surface area contributed by atoms with Crippen LogP contribution in [0, 0.1) is 5.92 Å². The van der Waals surface area contributed by atoms with E-state index in [0.29, 0.717) is 31.0 Å². The summed E-state index contributed by atoms with van der Waals surface area (Å²) in [5.41, 5.74) is 7.61. The number of aromatic amines is 1. The Kier molecular flexibility index (Phi) is 6.81. The Balaban J connectivity index is 1.30. The van der Waals surface area contributed by atoms with Gasteiger partial charge in [-0.25, -0.2) is 5.48 Å². The third kappa shape index (κ3) is 5.01. The predicted octanol–water partition coefficient (Wildman–Crippen LogP) is 4.49. The maximum absolute atomic E-state index is 13.9. The number of methoxy groups -OCH3 is 1. The number of nitrogens with one attached hydrogen (secondary N) is 3. The number of benzene rings is 3. The Morgan fingerprint density at radius 3 is 2.41 bits per heavy atom. The number of hydrogen-bond acceptors (Lipinski definition) is 5. The molecular formula is C31H32N4O4. The second kappa shape index (κ2) is 10.6. The summed E-state index contributed by atoms with van der Waals surface area (Å²) in [6, 6.07) is 23.1. The molecule has 0 radical (unpaired) electrons. The van der Waals surface area contributed by atoms with Crippen LogP contribution in [0.4, 0.5) is 0 Å². The number of hydrogen-bond donors (Lipinski definition) is 4. The average Bonchev–Trinajstić information content (AvgIpc) is 3.75. The van der Waals surface area contributed by atoms with Crippen molar-refractivity contribution in [1.29, 1.82) is 0 Å². The summed E-state index contributed by atoms with van der Waals surface area (Å²) in [4.78, 5) is 31.6. The van der Waals surface area contributed by atoms with Crippen molar-refractivity contribution >= 4 is 22.7 Å². The first-order chi connectivity index (χ1) is 19.1. The van der Waals surface area contributed by atoms with Gasteiger partial charge in [0.25, 0.3) is 5.91 Å². The predicted molar refractivity (Wildman–Crippen MR) is 147 cm³/mol. The van der Waals surface area contributed by atoms with Crippen molar-refractivity contribution in [2.45, 2.75) is 44.4 Å². The number of carbonyl (C=O) groups is 2. The van der Waals surface area contributed by atoms with Crippen molar-refractivity contribution in [3.63, 3.8) is 0 Å². The molecule has 0 bridgehead atoms. The van der Waals surface area contributed by atoms with Crippen molar-refractivity contribution in [3.8, 4) is 5.75 Å². The van der Waals surface area contributed by atoms with Gasteiger partial charge >= 0.3 is 0 Å². The van der Waals surface area contributed by atoms with E-state index in [4.69, 9.17) is 9.94 Å². The second-order valence-electron chi connectivity index (χ2n) is 10.4. The zero-order valence-corrected chi connectivity index (χ0v) is 21.8. The molecule has 2 aliphatic rings. The van der Waals surface area contributed by atoms with E-state index in [-0.39, 0.29) is 18.0 Å². The molecule has 8 heteroatoms. The molecule has 2 heterocycles. The minimum absolute atomic E-state index is 0.0118. The fourth-order valence-electron chi connectivity index (χ4n) is 5.82. The number of ether oxygens (including phenoxy) is 1. The first-order valence-electron chi connectivity index (χ1n) is 13.3. The van der Waals surface area contributed by atoms with Gasteiger partial charge in [0, 0.05) is 35.2 Å². The van der Waals surface area contributed by atoms with E-state index in [1.807, 2.05) is 18.2 Å². The lowest BCUT2D eigenvalue weighted by molar-refractivity contribution is -0.128. The molecule has 0 spiro atoms. The Bertz CT molecular complexity index is 1490. The van der Waals surface area contributed by atoms with Gasteiger partial charge in [0.05, 0.1) is 19.2 Å². The highest BCUT2D eigenvalue weighted by atomic mass is 16.5. The number of rotatable bonds is 8. The topological polar surface area (TPSA) is 107 Å². The van der Waals surface area contributed by atoms with Crippen LogP contribution in [0.1, 0.15) is 51.6 Å². The number of hydroxylamine groups is 1. The molecule has 1 saturated carbocycles. The largest absolute Gasteiger partial charge is 0.497 e. The lowest BCUT2D eigenvalue weighted by Crippen LogP contribution is -2.52. The van der Waals surface area contributed by atoms with Crippen LogP contribution in [0.25, 0.3) is 10.9 Å². The number of amides is 2. The maximum Gasteiger partial charge on any atom is 0.274 e. The Hall–Kier alpha value is -4.14. The minimum atomic E-state index is -0.567. The summed E-state index contributed by atoms with van der Waals surface area (Å²) in [5.74, 6) is 0.742. The van der Waals surface area contributed by atoms with Gasteiger partial charge in [-0.3, -0.25) is 19.7 Å². The number of nitrogens with zero attached hydrogens (tertiary/aromatic N) is 1. The van der Waals surface area contributed by atoms with E-state index in [9.17, 15) is 9.59 Å². The van der Waals surface area contributed by atoms with Crippen molar-refractivity contribution in [1.82, 2.24) is 20.7 Å². The maximum atomic E-state index is 13.9. The third-order valence-electron chi connectivity index (χ3n) is 7.98. The molecule has 1 aromatic heterocycles. The molecule has 6 rings (SSSR count). The van der Waals surface area contributed by atoms with Crippen LogP contribution in [0.3, 0.4) is 0 Å². The zero-order chi connectivity index (χ0) is 26.9. The highest BCUT2D eigenvalue weighted by Gasteiger charge is 2.46. The number of para-hydroxylation sites is 1. The lowest BCUT2D eigenvalue weighted by Gasteiger charge is -2.41. The van der Waals surface area contributed by atoms with E-state index in [2.05, 4.69) is 45.5 Å². The van der Waals surface area contributed by atoms with Crippen LogP contribution in [-0.4, -0.2) is 40.1 Å². The quantitative estimate of drug-likeness (QED) is 0.201. The summed E-state index contributed by atoms with van der Waals surface area (Å²) in [7, 11) is 1.66. The highest BCUT2D eigenvalue weighted by molar-refractivity contribution is 5.93. The summed E-state index contributed by atoms with van der Waals surface area (Å²) in [5, 5.41) is 13.2. The zero-order valence-electron chi connectivity index (χ0n) is 21.8. The smallest absolute Gasteiger partial charge is 0.274 e. The molecule has 1 aliphatic heterocycles. The molecule has 4 N–H and O–H groups in total. The molecule has 2 amide bonds. The van der Waals surface area contributed by atoms with Gasteiger partial charge in [0.15, 0.2) is 0 Å². The van der Waals surface area contributed by atoms with Crippen LogP contribution in [0.5, 0.6) is 5.75 Å². The van der Waals surface area contributed by atoms with E-state index < -0.39 is 5.91 Å². The van der Waals surface area contributed by atoms with Gasteiger partial charge in [0.2, 0.25) is 5.91 Å². The third-order valence-corrected chi connectivity index (χ3v) is 7.98. The number of fused-ring (bicyclic) bond motifs is 3. The normalized spacial score (nSPS) is 18.9. The fraction of sp³-hybridized carbons (Fsp3) is 0.290. The van der Waals surface area contributed by atoms with Gasteiger partial charge in [-0.15, -0.1) is 0 Å². The summed E-state index contributed by atoms with van der Waals surface area (Å²) < 4.78 is 5.35. The van der Waals surface area contributed by atoms with E-state index in [0.717, 1.165) is 35.2 Å². The van der Waals surface area contributed by atoms with Crippen LogP contribution in [-0.2, 0) is 24.3 Å². The molecule has 200 valence electrons. The van der Waals surface area contributed by atoms with Crippen LogP contribution in [0.2, 0.25) is 0 Å². The fourth-order valence-corrected chi connectivity index (χ4v) is 5.82. The number of carbonyl (C=O) groups excluding carboxylic acids is 2. The van der Waals surface area contributed by atoms with Crippen LogP contribution in [0.15, 0.2) is 72.8 Å². The summed E-state index contributed by atoms with van der Waals surface area (Å²) in [6.45, 7) is 1.00. The van der Waals surface area contributed by atoms with E-state index >= 15 is 0 Å². The number of H-pyrrole nitrogens is 1. The Morgan fingerprint density at radius 1 is 1.00 bits per heavy atom. The summed E-state index contributed by atoms with van der Waals surface area (Å²) >= 11 is 0. The van der Waals surface area contributed by atoms with Crippen molar-refractivity contribution in [2.24, 2.45) is 5.92 Å². The van der Waals surface area contributed by atoms with Crippen LogP contribution >= 0.6 is 0 Å². The van der Waals surface area contributed by atoms with Crippen molar-refractivity contribution in [2.75, 3.05) is 7.11 Å². The van der Waals surface area contributed by atoms with E-state index in [1.54, 1.807) is 36.9 Å². The molecule has 3 aromatic carbocycles. The summed E-state index contributed by atoms with van der Waals surface area (Å²) in [6.07, 6.45) is 2.93. The van der Waals surface area contributed by atoms with Crippen molar-refractivity contribution in [3.05, 3.63) is 101 Å². The molecule has 8 nitrogen and oxygen atoms in total. The Labute approximate surface area is 226 Å². The first kappa shape index (κ1) is 25.2. The number of aromatic nitrogens is 1. The van der Waals surface area contributed by atoms with Gasteiger partial charge in [-0.1, -0.05) is 42.5 Å². The molecule has 0 saturated heterocycles. The SMILES string of the molecule is COc1ccc(CN2[C@@H](C(=O)NCc3ccc(C(=O)NO)cc3)Cc3c([nH]c4ccccc34)[C@@H]2C2CC2)cc1. The van der Waals surface area contributed by atoms with Crippen molar-refractivity contribution < 1.29 is 19.5 Å². The minimum Gasteiger partial charge on any atom is -0.497 e. The molecule has 1 aliphatic carbocycles. The lowest BCUT2D eigenvalue weighted by atomic mass is 9.88. The molecule has 2 atom stereocenters. The molecule has 1 fully saturated rings. The monoisotopic (exact) mass is 524 g/mol. The van der Waals surface area contributed by atoms with E-state index in [1.165, 1.54) is 16.6 Å². The van der Waals surface area contributed by atoms with Crippen LogP contribution < -0.4 is 15.5 Å². The molecule has 4 aromatic rings. The first-order valence-corrected chi connectivity index (χ1v) is 13.3. The Morgan fingerprint density at radius 2 is 1.72 bits per heavy atom. The molecular weight excluding hydrogens is 492 g/mol. The van der Waals surface area contributed by atoms with Gasteiger partial charge < -0.3 is 15.0 Å². The van der Waals surface area contributed by atoms with Gasteiger partial charge in [-0.2, -0.15) is 0 Å².